The molecule has 1 aromatic heterocycles. The molecule has 5 heteroatoms. The van der Waals surface area contributed by atoms with E-state index in [0.717, 1.165) is 35.1 Å². The molecule has 2 heterocycles. The number of pyridine rings is 1. The van der Waals surface area contributed by atoms with Crippen molar-refractivity contribution in [2.24, 2.45) is 0 Å². The Morgan fingerprint density at radius 2 is 2.00 bits per heavy atom. The van der Waals surface area contributed by atoms with E-state index in [-0.39, 0.29) is 0 Å². The average molecular weight is 314 g/mol. The number of hydrogen-bond acceptors (Lipinski definition) is 3. The van der Waals surface area contributed by atoms with Gasteiger partial charge < -0.3 is 14.9 Å². The summed E-state index contributed by atoms with van der Waals surface area (Å²) in [5, 5.41) is 10.2. The molecule has 2 aromatic rings. The molecule has 1 aliphatic heterocycles. The molecule has 1 fully saturated rings. The third kappa shape index (κ3) is 3.15. The number of anilines is 1. The highest BCUT2D eigenvalue weighted by atomic mass is 16.4. The Morgan fingerprint density at radius 1 is 1.30 bits per heavy atom. The maximum Gasteiger partial charge on any atom is 0.335 e. The average Bonchev–Trinajstić information content (AvgIpc) is 2.53. The number of nitrogens with zero attached hydrogens (tertiary/aromatic N) is 2. The predicted molar refractivity (Wildman–Crippen MR) is 91.5 cm³/mol. The molecular weight excluding hydrogens is 290 g/mol. The largest absolute Gasteiger partial charge is 0.478 e. The van der Waals surface area contributed by atoms with Gasteiger partial charge in [-0.05, 0) is 31.2 Å². The number of nitrogens with one attached hydrogen (secondary N) is 1. The highest BCUT2D eigenvalue weighted by Crippen LogP contribution is 2.29. The summed E-state index contributed by atoms with van der Waals surface area (Å²) in [6.07, 6.45) is 2.31. The minimum atomic E-state index is -0.899. The summed E-state index contributed by atoms with van der Waals surface area (Å²) in [5.41, 5.74) is 3.21. The number of benzene rings is 1. The number of aryl methyl sites for hydroxylation is 1. The second-order valence-corrected chi connectivity index (χ2v) is 6.62. The maximum absolute atomic E-state index is 11.3. The molecule has 2 N–H and O–H groups in total. The van der Waals surface area contributed by atoms with Crippen LogP contribution in [0.3, 0.4) is 0 Å². The first-order valence-corrected chi connectivity index (χ1v) is 8.14. The number of piperidine rings is 1. The lowest BCUT2D eigenvalue weighted by Crippen LogP contribution is -3.10. The second kappa shape index (κ2) is 6.16. The van der Waals surface area contributed by atoms with Crippen LogP contribution >= 0.6 is 0 Å². The van der Waals surface area contributed by atoms with Gasteiger partial charge in [-0.1, -0.05) is 0 Å². The van der Waals surface area contributed by atoms with Crippen LogP contribution in [0, 0.1) is 6.92 Å². The molecule has 0 radical (unpaired) electrons. The number of rotatable bonds is 3. The highest BCUT2D eigenvalue weighted by Gasteiger charge is 2.24. The van der Waals surface area contributed by atoms with Crippen LogP contribution in [0.5, 0.6) is 0 Å². The summed E-state index contributed by atoms with van der Waals surface area (Å²) < 4.78 is 0. The van der Waals surface area contributed by atoms with Gasteiger partial charge in [0.15, 0.2) is 0 Å². The summed E-state index contributed by atoms with van der Waals surface area (Å²) in [5.74, 6) is -0.899. The summed E-state index contributed by atoms with van der Waals surface area (Å²) in [6, 6.07) is 7.74. The number of likely N-dealkylation sites (tertiary alicyclic amines) is 1. The van der Waals surface area contributed by atoms with E-state index in [1.165, 1.54) is 13.1 Å². The number of aromatic nitrogens is 1. The Morgan fingerprint density at radius 3 is 2.65 bits per heavy atom. The first-order valence-electron chi connectivity index (χ1n) is 8.14. The van der Waals surface area contributed by atoms with Crippen molar-refractivity contribution < 1.29 is 14.8 Å². The van der Waals surface area contributed by atoms with Crippen molar-refractivity contribution >= 4 is 22.6 Å². The van der Waals surface area contributed by atoms with Gasteiger partial charge in [-0.2, -0.15) is 0 Å². The van der Waals surface area contributed by atoms with Gasteiger partial charge in [0.1, 0.15) is 0 Å². The van der Waals surface area contributed by atoms with Crippen LogP contribution < -0.4 is 9.80 Å². The maximum atomic E-state index is 11.3. The standard InChI is InChI=1S/C18H23N3O2/c1-12-10-17(21(3)14-6-8-20(2)9-7-14)15-11-13(18(22)23)4-5-16(15)19-12/h4-5,10-11,14H,6-9H2,1-3H3,(H,22,23)/p+1. The van der Waals surface area contributed by atoms with Crippen molar-refractivity contribution in [3.05, 3.63) is 35.5 Å². The van der Waals surface area contributed by atoms with Gasteiger partial charge in [-0.15, -0.1) is 0 Å². The van der Waals surface area contributed by atoms with E-state index < -0.39 is 5.97 Å². The lowest BCUT2D eigenvalue weighted by atomic mass is 10.0. The normalized spacial score (nSPS) is 21.3. The Bertz CT molecular complexity index is 736. The fraction of sp³-hybridized carbons (Fsp3) is 0.444. The van der Waals surface area contributed by atoms with Gasteiger partial charge in [0.2, 0.25) is 0 Å². The molecule has 0 saturated carbocycles. The number of carboxylic acids is 1. The molecule has 0 bridgehead atoms. The summed E-state index contributed by atoms with van der Waals surface area (Å²) in [7, 11) is 4.36. The lowest BCUT2D eigenvalue weighted by Gasteiger charge is -2.35. The number of carbonyl (C=O) groups is 1. The number of hydrogen-bond donors (Lipinski definition) is 2. The van der Waals surface area contributed by atoms with E-state index >= 15 is 0 Å². The molecule has 1 saturated heterocycles. The summed E-state index contributed by atoms with van der Waals surface area (Å²) in [4.78, 5) is 19.7. The van der Waals surface area contributed by atoms with Crippen LogP contribution in [0.25, 0.3) is 10.9 Å². The molecule has 0 unspecified atom stereocenters. The monoisotopic (exact) mass is 314 g/mol. The van der Waals surface area contributed by atoms with E-state index in [4.69, 9.17) is 0 Å². The van der Waals surface area contributed by atoms with Gasteiger partial charge >= 0.3 is 5.97 Å². The SMILES string of the molecule is Cc1cc(N(C)C2CC[NH+](C)CC2)c2cc(C(=O)O)ccc2n1. The minimum Gasteiger partial charge on any atom is -0.478 e. The fourth-order valence-corrected chi connectivity index (χ4v) is 3.44. The van der Waals surface area contributed by atoms with Crippen LogP contribution in [-0.2, 0) is 0 Å². The predicted octanol–water partition coefficient (Wildman–Crippen LogP) is 1.35. The van der Waals surface area contributed by atoms with Crippen LogP contribution in [-0.4, -0.2) is 49.3 Å². The van der Waals surface area contributed by atoms with Crippen molar-refractivity contribution in [1.29, 1.82) is 0 Å². The van der Waals surface area contributed by atoms with Crippen molar-refractivity contribution in [2.75, 3.05) is 32.1 Å². The van der Waals surface area contributed by atoms with Crippen LogP contribution in [0.4, 0.5) is 5.69 Å². The van der Waals surface area contributed by atoms with Crippen LogP contribution in [0.2, 0.25) is 0 Å². The van der Waals surface area contributed by atoms with Crippen molar-refractivity contribution in [3.8, 4) is 0 Å². The van der Waals surface area contributed by atoms with E-state index in [2.05, 4.69) is 30.0 Å². The Balaban J connectivity index is 2.04. The lowest BCUT2D eigenvalue weighted by molar-refractivity contribution is -0.884. The Kier molecular flexibility index (Phi) is 4.22. The Labute approximate surface area is 136 Å². The third-order valence-corrected chi connectivity index (χ3v) is 4.90. The van der Waals surface area contributed by atoms with E-state index in [0.29, 0.717) is 11.6 Å². The quantitative estimate of drug-likeness (QED) is 0.898. The molecule has 0 aliphatic carbocycles. The van der Waals surface area contributed by atoms with Gasteiger partial charge in [0.05, 0.1) is 31.2 Å². The van der Waals surface area contributed by atoms with Gasteiger partial charge in [-0.25, -0.2) is 4.79 Å². The molecule has 0 spiro atoms. The zero-order valence-electron chi connectivity index (χ0n) is 14.0. The molecular formula is C18H24N3O2+. The molecule has 1 aromatic carbocycles. The number of fused-ring (bicyclic) bond motifs is 1. The van der Waals surface area contributed by atoms with E-state index in [1.54, 1.807) is 17.0 Å². The Hall–Kier alpha value is -2.14. The zero-order chi connectivity index (χ0) is 16.6. The van der Waals surface area contributed by atoms with Crippen LogP contribution in [0.15, 0.2) is 24.3 Å². The first-order chi connectivity index (χ1) is 11.0. The molecule has 23 heavy (non-hydrogen) atoms. The smallest absolute Gasteiger partial charge is 0.335 e. The molecule has 122 valence electrons. The number of quaternary nitrogens is 1. The molecule has 3 rings (SSSR count). The zero-order valence-corrected chi connectivity index (χ0v) is 14.0. The minimum absolute atomic E-state index is 0.311. The number of carboxylic acid groups (broad SMARTS) is 1. The van der Waals surface area contributed by atoms with Crippen molar-refractivity contribution in [3.63, 3.8) is 0 Å². The second-order valence-electron chi connectivity index (χ2n) is 6.62. The highest BCUT2D eigenvalue weighted by molar-refractivity contribution is 5.98. The molecule has 5 nitrogen and oxygen atoms in total. The van der Waals surface area contributed by atoms with Crippen LogP contribution in [0.1, 0.15) is 28.9 Å². The summed E-state index contributed by atoms with van der Waals surface area (Å²) >= 11 is 0. The molecule has 1 aliphatic rings. The topological polar surface area (TPSA) is 57.9 Å². The van der Waals surface area contributed by atoms with Crippen molar-refractivity contribution in [2.45, 2.75) is 25.8 Å². The van der Waals surface area contributed by atoms with Crippen molar-refractivity contribution in [1.82, 2.24) is 4.98 Å². The molecule has 0 amide bonds. The van der Waals surface area contributed by atoms with Gasteiger partial charge in [0, 0.05) is 42.7 Å². The number of aromatic carboxylic acids is 1. The van der Waals surface area contributed by atoms with Gasteiger partial charge in [0.25, 0.3) is 0 Å². The molecule has 0 atom stereocenters. The van der Waals surface area contributed by atoms with Gasteiger partial charge in [-0.3, -0.25) is 4.98 Å². The first kappa shape index (κ1) is 15.7. The third-order valence-electron chi connectivity index (χ3n) is 4.90. The summed E-state index contributed by atoms with van der Waals surface area (Å²) in [6.45, 7) is 4.34. The van der Waals surface area contributed by atoms with E-state index in [9.17, 15) is 9.90 Å². The van der Waals surface area contributed by atoms with E-state index in [1.807, 2.05) is 13.0 Å². The fourth-order valence-electron chi connectivity index (χ4n) is 3.44.